The summed E-state index contributed by atoms with van der Waals surface area (Å²) >= 11 is 0. The minimum Gasteiger partial charge on any atom is -0.491 e. The van der Waals surface area contributed by atoms with Crippen molar-refractivity contribution in [3.05, 3.63) is 53.6 Å². The molecule has 1 N–H and O–H groups in total. The first kappa shape index (κ1) is 16.1. The highest BCUT2D eigenvalue weighted by atomic mass is 16.5. The maximum Gasteiger partial charge on any atom is 0.119 e. The van der Waals surface area contributed by atoms with Crippen molar-refractivity contribution in [1.82, 2.24) is 4.57 Å². The summed E-state index contributed by atoms with van der Waals surface area (Å²) < 4.78 is 7.60. The monoisotopic (exact) mass is 320 g/mol. The fourth-order valence-corrected chi connectivity index (χ4v) is 3.07. The summed E-state index contributed by atoms with van der Waals surface area (Å²) in [5, 5.41) is 19.5. The van der Waals surface area contributed by atoms with E-state index in [0.717, 1.165) is 28.7 Å². The van der Waals surface area contributed by atoms with Crippen LogP contribution in [0.2, 0.25) is 0 Å². The van der Waals surface area contributed by atoms with E-state index in [2.05, 4.69) is 30.6 Å². The molecule has 1 aromatic heterocycles. The quantitative estimate of drug-likeness (QED) is 0.776. The van der Waals surface area contributed by atoms with Crippen LogP contribution < -0.4 is 4.74 Å². The summed E-state index contributed by atoms with van der Waals surface area (Å²) in [5.41, 5.74) is 4.90. The van der Waals surface area contributed by atoms with Gasteiger partial charge in [-0.1, -0.05) is 12.1 Å². The third-order valence-corrected chi connectivity index (χ3v) is 4.14. The van der Waals surface area contributed by atoms with Crippen molar-refractivity contribution in [3.63, 3.8) is 0 Å². The zero-order chi connectivity index (χ0) is 17.1. The zero-order valence-electron chi connectivity index (χ0n) is 13.9. The van der Waals surface area contributed by atoms with E-state index < -0.39 is 0 Å². The molecule has 0 bridgehead atoms. The number of aromatic nitrogens is 1. The van der Waals surface area contributed by atoms with Crippen molar-refractivity contribution < 1.29 is 9.84 Å². The Kier molecular flexibility index (Phi) is 4.54. The lowest BCUT2D eigenvalue weighted by atomic mass is 10.1. The van der Waals surface area contributed by atoms with E-state index in [1.165, 1.54) is 5.56 Å². The third-order valence-electron chi connectivity index (χ3n) is 4.14. The second-order valence-corrected chi connectivity index (χ2v) is 5.70. The van der Waals surface area contributed by atoms with Crippen molar-refractivity contribution in [2.75, 3.05) is 13.2 Å². The van der Waals surface area contributed by atoms with Gasteiger partial charge >= 0.3 is 0 Å². The predicted molar refractivity (Wildman–Crippen MR) is 95.1 cm³/mol. The Morgan fingerprint density at radius 2 is 1.92 bits per heavy atom. The van der Waals surface area contributed by atoms with Gasteiger partial charge < -0.3 is 14.4 Å². The molecule has 0 fully saturated rings. The van der Waals surface area contributed by atoms with Crippen molar-refractivity contribution >= 4 is 10.9 Å². The van der Waals surface area contributed by atoms with Crippen LogP contribution >= 0.6 is 0 Å². The van der Waals surface area contributed by atoms with Gasteiger partial charge in [-0.05, 0) is 55.3 Å². The Labute approximate surface area is 141 Å². The van der Waals surface area contributed by atoms with Crippen molar-refractivity contribution in [2.24, 2.45) is 0 Å². The highest BCUT2D eigenvalue weighted by molar-refractivity contribution is 5.94. The molecule has 0 unspecified atom stereocenters. The molecule has 122 valence electrons. The number of aryl methyl sites for hydroxylation is 2. The Bertz CT molecular complexity index is 902. The van der Waals surface area contributed by atoms with Crippen LogP contribution in [0.15, 0.2) is 42.5 Å². The molecule has 0 aliphatic heterocycles. The van der Waals surface area contributed by atoms with Gasteiger partial charge in [-0.2, -0.15) is 5.26 Å². The second-order valence-electron chi connectivity index (χ2n) is 5.70. The van der Waals surface area contributed by atoms with Crippen LogP contribution in [0.3, 0.4) is 0 Å². The number of hydrogen-bond donors (Lipinski definition) is 1. The highest BCUT2D eigenvalue weighted by Gasteiger charge is 2.17. The molecule has 0 atom stereocenters. The Morgan fingerprint density at radius 3 is 2.54 bits per heavy atom. The molecule has 4 nitrogen and oxygen atoms in total. The van der Waals surface area contributed by atoms with E-state index in [1.807, 2.05) is 36.4 Å². The van der Waals surface area contributed by atoms with Crippen molar-refractivity contribution in [1.29, 1.82) is 5.26 Å². The molecular formula is C20H20N2O2. The van der Waals surface area contributed by atoms with E-state index in [9.17, 15) is 5.26 Å². The van der Waals surface area contributed by atoms with E-state index in [0.29, 0.717) is 11.3 Å². The lowest BCUT2D eigenvalue weighted by molar-refractivity contribution is 0.201. The predicted octanol–water partition coefficient (Wildman–Crippen LogP) is 3.88. The van der Waals surface area contributed by atoms with Gasteiger partial charge in [0.25, 0.3) is 0 Å². The molecule has 0 radical (unpaired) electrons. The number of rotatable bonds is 5. The molecule has 1 heterocycles. The number of aliphatic hydroxyl groups is 1. The average Bonchev–Trinajstić information content (AvgIpc) is 2.92. The summed E-state index contributed by atoms with van der Waals surface area (Å²) in [5.74, 6) is 0.710. The molecule has 0 saturated carbocycles. The minimum absolute atomic E-state index is 0.0102. The summed E-state index contributed by atoms with van der Waals surface area (Å²) in [6.45, 7) is 5.21. The number of ether oxygens (including phenoxy) is 1. The number of fused-ring (bicyclic) bond motifs is 1. The molecule has 0 amide bonds. The van der Waals surface area contributed by atoms with Gasteiger partial charge in [-0.15, -0.1) is 0 Å². The first-order valence-electron chi connectivity index (χ1n) is 8.06. The van der Waals surface area contributed by atoms with Crippen LogP contribution in [0.5, 0.6) is 5.75 Å². The van der Waals surface area contributed by atoms with Crippen molar-refractivity contribution in [2.45, 2.75) is 20.4 Å². The average molecular weight is 320 g/mol. The number of aliphatic hydroxyl groups excluding tert-OH is 1. The zero-order valence-corrected chi connectivity index (χ0v) is 13.9. The first-order chi connectivity index (χ1) is 11.7. The fourth-order valence-electron chi connectivity index (χ4n) is 3.07. The van der Waals surface area contributed by atoms with E-state index in [1.54, 1.807) is 0 Å². The van der Waals surface area contributed by atoms with Gasteiger partial charge in [0.2, 0.25) is 0 Å². The van der Waals surface area contributed by atoms with Crippen LogP contribution in [-0.2, 0) is 6.54 Å². The Balaban J connectivity index is 2.16. The summed E-state index contributed by atoms with van der Waals surface area (Å²) in [6.07, 6.45) is 0. The maximum absolute atomic E-state index is 9.71. The number of benzene rings is 2. The molecule has 0 aliphatic rings. The molecule has 3 rings (SSSR count). The topological polar surface area (TPSA) is 58.2 Å². The molecule has 3 aromatic rings. The van der Waals surface area contributed by atoms with Crippen LogP contribution in [0, 0.1) is 18.3 Å². The largest absolute Gasteiger partial charge is 0.491 e. The van der Waals surface area contributed by atoms with Gasteiger partial charge in [-0.25, -0.2) is 0 Å². The van der Waals surface area contributed by atoms with Gasteiger partial charge in [-0.3, -0.25) is 0 Å². The first-order valence-corrected chi connectivity index (χ1v) is 8.06. The molecule has 24 heavy (non-hydrogen) atoms. The molecule has 4 heteroatoms. The molecule has 0 spiro atoms. The van der Waals surface area contributed by atoms with Gasteiger partial charge in [0, 0.05) is 11.9 Å². The minimum atomic E-state index is -0.0102. The normalized spacial score (nSPS) is 10.8. The van der Waals surface area contributed by atoms with Gasteiger partial charge in [0.1, 0.15) is 18.4 Å². The summed E-state index contributed by atoms with van der Waals surface area (Å²) in [7, 11) is 0. The van der Waals surface area contributed by atoms with E-state index >= 15 is 0 Å². The second kappa shape index (κ2) is 6.77. The number of nitriles is 1. The fraction of sp³-hybridized carbons (Fsp3) is 0.250. The smallest absolute Gasteiger partial charge is 0.119 e. The SMILES string of the molecule is CCn1c(-c2ccc(OCCO)cc2)c(C#N)c2ccc(C)cc21. The maximum atomic E-state index is 9.71. The Hall–Kier alpha value is -2.77. The van der Waals surface area contributed by atoms with Gasteiger partial charge in [0.15, 0.2) is 0 Å². The van der Waals surface area contributed by atoms with E-state index in [-0.39, 0.29) is 13.2 Å². The van der Waals surface area contributed by atoms with E-state index in [4.69, 9.17) is 9.84 Å². The number of nitrogens with zero attached hydrogens (tertiary/aromatic N) is 2. The standard InChI is InChI=1S/C20H20N2O2/c1-3-22-19-12-14(2)4-9-17(19)18(13-21)20(22)15-5-7-16(8-6-15)24-11-10-23/h4-9,12,23H,3,10-11H2,1-2H3. The molecule has 2 aromatic carbocycles. The summed E-state index contributed by atoms with van der Waals surface area (Å²) in [6, 6.07) is 16.2. The molecular weight excluding hydrogens is 300 g/mol. The van der Waals surface area contributed by atoms with Crippen LogP contribution in [0.4, 0.5) is 0 Å². The van der Waals surface area contributed by atoms with Crippen LogP contribution in [0.25, 0.3) is 22.2 Å². The third kappa shape index (κ3) is 2.75. The molecule has 0 saturated heterocycles. The highest BCUT2D eigenvalue weighted by Crippen LogP contribution is 2.34. The summed E-state index contributed by atoms with van der Waals surface area (Å²) in [4.78, 5) is 0. The lowest BCUT2D eigenvalue weighted by Crippen LogP contribution is -2.01. The van der Waals surface area contributed by atoms with Crippen molar-refractivity contribution in [3.8, 4) is 23.1 Å². The lowest BCUT2D eigenvalue weighted by Gasteiger charge is -2.10. The Morgan fingerprint density at radius 1 is 1.17 bits per heavy atom. The van der Waals surface area contributed by atoms with Crippen LogP contribution in [0.1, 0.15) is 18.1 Å². The number of hydrogen-bond acceptors (Lipinski definition) is 3. The molecule has 0 aliphatic carbocycles. The van der Waals surface area contributed by atoms with Crippen LogP contribution in [-0.4, -0.2) is 22.9 Å². The van der Waals surface area contributed by atoms with Gasteiger partial charge in [0.05, 0.1) is 23.4 Å².